The highest BCUT2D eigenvalue weighted by molar-refractivity contribution is 5.93. The van der Waals surface area contributed by atoms with Crippen molar-refractivity contribution >= 4 is 18.0 Å². The van der Waals surface area contributed by atoms with Gasteiger partial charge in [0.25, 0.3) is 0 Å². The number of fused-ring (bicyclic) bond motifs is 3. The van der Waals surface area contributed by atoms with Crippen molar-refractivity contribution in [3.8, 4) is 11.1 Å². The fraction of sp³-hybridized carbons (Fsp3) is 0.400. The van der Waals surface area contributed by atoms with Crippen molar-refractivity contribution < 1.29 is 24.2 Å². The van der Waals surface area contributed by atoms with Crippen LogP contribution in [0.2, 0.25) is 0 Å². The van der Waals surface area contributed by atoms with E-state index in [2.05, 4.69) is 22.8 Å². The monoisotopic (exact) mass is 451 g/mol. The molecule has 2 aliphatic carbocycles. The van der Waals surface area contributed by atoms with Crippen molar-refractivity contribution in [2.45, 2.75) is 36.8 Å². The highest BCUT2D eigenvalue weighted by atomic mass is 16.5. The van der Waals surface area contributed by atoms with Gasteiger partial charge in [0.05, 0.1) is 0 Å². The molecule has 8 heteroatoms. The predicted octanol–water partition coefficient (Wildman–Crippen LogP) is 2.58. The number of carboxylic acid groups (broad SMARTS) is 1. The van der Waals surface area contributed by atoms with E-state index in [1.165, 1.54) is 0 Å². The summed E-state index contributed by atoms with van der Waals surface area (Å²) in [5.74, 6) is -1.69. The minimum atomic E-state index is -1.14. The summed E-state index contributed by atoms with van der Waals surface area (Å²) < 4.78 is 5.58. The Morgan fingerprint density at radius 2 is 1.64 bits per heavy atom. The van der Waals surface area contributed by atoms with E-state index in [4.69, 9.17) is 4.74 Å². The van der Waals surface area contributed by atoms with Gasteiger partial charge in [-0.3, -0.25) is 4.79 Å². The summed E-state index contributed by atoms with van der Waals surface area (Å²) in [6.45, 7) is 0.304. The number of nitrogens with one attached hydrogen (secondary N) is 2. The molecule has 8 nitrogen and oxygen atoms in total. The van der Waals surface area contributed by atoms with Gasteiger partial charge in [-0.2, -0.15) is 0 Å². The number of amides is 2. The summed E-state index contributed by atoms with van der Waals surface area (Å²) in [7, 11) is 3.46. The van der Waals surface area contributed by atoms with Gasteiger partial charge in [0.2, 0.25) is 5.91 Å². The molecule has 1 saturated carbocycles. The minimum absolute atomic E-state index is 0.0780. The zero-order chi connectivity index (χ0) is 23.6. The Bertz CT molecular complexity index is 1020. The molecular weight excluding hydrogens is 422 g/mol. The van der Waals surface area contributed by atoms with Crippen molar-refractivity contribution in [1.29, 1.82) is 0 Å². The summed E-state index contributed by atoms with van der Waals surface area (Å²) in [5.41, 5.74) is 3.35. The van der Waals surface area contributed by atoms with Crippen LogP contribution in [0.1, 0.15) is 36.3 Å². The topological polar surface area (TPSA) is 108 Å². The molecular formula is C25H29N3O5. The molecule has 4 rings (SSSR count). The van der Waals surface area contributed by atoms with Crippen LogP contribution < -0.4 is 10.6 Å². The number of ether oxygens (including phenoxy) is 1. The Hall–Kier alpha value is -3.39. The number of nitrogens with zero attached hydrogens (tertiary/aromatic N) is 1. The molecule has 1 unspecified atom stereocenters. The lowest BCUT2D eigenvalue weighted by Gasteiger charge is -2.41. The molecule has 2 aromatic carbocycles. The smallest absolute Gasteiger partial charge is 0.408 e. The number of carbonyl (C=O) groups excluding carboxylic acids is 2. The minimum Gasteiger partial charge on any atom is -0.480 e. The molecule has 0 bridgehead atoms. The highest BCUT2D eigenvalue weighted by Gasteiger charge is 2.47. The number of aliphatic carboxylic acids is 1. The molecule has 3 N–H and O–H groups in total. The average molecular weight is 452 g/mol. The Kier molecular flexibility index (Phi) is 6.37. The number of carboxylic acids is 1. The zero-order valence-corrected chi connectivity index (χ0v) is 18.8. The van der Waals surface area contributed by atoms with E-state index in [-0.39, 0.29) is 19.1 Å². The lowest BCUT2D eigenvalue weighted by atomic mass is 9.76. The first-order valence-electron chi connectivity index (χ1n) is 11.1. The third kappa shape index (κ3) is 4.57. The van der Waals surface area contributed by atoms with Gasteiger partial charge in [0, 0.05) is 12.5 Å². The summed E-state index contributed by atoms with van der Waals surface area (Å²) >= 11 is 0. The maximum absolute atomic E-state index is 12.9. The second kappa shape index (κ2) is 9.23. The van der Waals surface area contributed by atoms with Crippen LogP contribution in [0.15, 0.2) is 48.5 Å². The van der Waals surface area contributed by atoms with Gasteiger partial charge in [-0.1, -0.05) is 48.5 Å². The van der Waals surface area contributed by atoms with E-state index in [9.17, 15) is 19.5 Å². The molecule has 2 amide bonds. The van der Waals surface area contributed by atoms with Gasteiger partial charge in [-0.05, 0) is 55.6 Å². The second-order valence-electron chi connectivity index (χ2n) is 9.01. The lowest BCUT2D eigenvalue weighted by Crippen LogP contribution is -2.65. The Morgan fingerprint density at radius 1 is 1.06 bits per heavy atom. The van der Waals surface area contributed by atoms with Crippen LogP contribution >= 0.6 is 0 Å². The van der Waals surface area contributed by atoms with Gasteiger partial charge >= 0.3 is 12.1 Å². The summed E-state index contributed by atoms with van der Waals surface area (Å²) in [5, 5.41) is 14.7. The Morgan fingerprint density at radius 3 is 2.12 bits per heavy atom. The SMILES string of the molecule is CN(C)CC(NC(=O)C1(NC(=O)OCC2c3ccccc3-c3ccccc32)CCC1)C(=O)O. The third-order valence-corrected chi connectivity index (χ3v) is 6.48. The van der Waals surface area contributed by atoms with E-state index < -0.39 is 29.6 Å². The number of carbonyl (C=O) groups is 3. The van der Waals surface area contributed by atoms with Crippen LogP contribution in [0.25, 0.3) is 11.1 Å². The van der Waals surface area contributed by atoms with E-state index in [0.29, 0.717) is 12.8 Å². The number of alkyl carbamates (subject to hydrolysis) is 1. The molecule has 33 heavy (non-hydrogen) atoms. The van der Waals surface area contributed by atoms with Crippen molar-refractivity contribution in [2.24, 2.45) is 0 Å². The zero-order valence-electron chi connectivity index (χ0n) is 18.8. The first kappa shape index (κ1) is 22.8. The van der Waals surface area contributed by atoms with Crippen LogP contribution in [0.3, 0.4) is 0 Å². The van der Waals surface area contributed by atoms with Crippen molar-refractivity contribution in [3.63, 3.8) is 0 Å². The first-order chi connectivity index (χ1) is 15.8. The molecule has 1 fully saturated rings. The average Bonchev–Trinajstić information content (AvgIpc) is 3.07. The van der Waals surface area contributed by atoms with Crippen LogP contribution in [0.4, 0.5) is 4.79 Å². The molecule has 0 aromatic heterocycles. The van der Waals surface area contributed by atoms with Crippen molar-refractivity contribution in [2.75, 3.05) is 27.2 Å². The summed E-state index contributed by atoms with van der Waals surface area (Å²) in [6, 6.07) is 15.1. The van der Waals surface area contributed by atoms with Crippen LogP contribution in [-0.4, -0.2) is 66.8 Å². The highest BCUT2D eigenvalue weighted by Crippen LogP contribution is 2.44. The molecule has 0 aliphatic heterocycles. The number of hydrogen-bond acceptors (Lipinski definition) is 5. The molecule has 0 spiro atoms. The van der Waals surface area contributed by atoms with Gasteiger partial charge in [-0.25, -0.2) is 9.59 Å². The Labute approximate surface area is 192 Å². The van der Waals surface area contributed by atoms with Crippen LogP contribution in [0, 0.1) is 0 Å². The lowest BCUT2D eigenvalue weighted by molar-refractivity contribution is -0.144. The first-order valence-corrected chi connectivity index (χ1v) is 11.1. The number of rotatable bonds is 8. The number of benzene rings is 2. The standard InChI is InChI=1S/C25H29N3O5/c1-28(2)14-21(22(29)30)26-23(31)25(12-7-13-25)27-24(32)33-15-20-18-10-5-3-8-16(18)17-9-4-6-11-19(17)20/h3-6,8-11,20-21H,7,12-15H2,1-2H3,(H,26,31)(H,27,32)(H,29,30). The summed E-state index contributed by atoms with van der Waals surface area (Å²) in [6.07, 6.45) is 0.975. The second-order valence-corrected chi connectivity index (χ2v) is 9.01. The fourth-order valence-corrected chi connectivity index (χ4v) is 4.62. The quantitative estimate of drug-likeness (QED) is 0.569. The summed E-state index contributed by atoms with van der Waals surface area (Å²) in [4.78, 5) is 38.8. The van der Waals surface area contributed by atoms with Gasteiger partial charge < -0.3 is 25.4 Å². The molecule has 1 atom stereocenters. The maximum atomic E-state index is 12.9. The third-order valence-electron chi connectivity index (χ3n) is 6.48. The van der Waals surface area contributed by atoms with E-state index >= 15 is 0 Å². The molecule has 0 heterocycles. The van der Waals surface area contributed by atoms with E-state index in [1.807, 2.05) is 36.4 Å². The molecule has 0 saturated heterocycles. The molecule has 2 aliphatic rings. The number of likely N-dealkylation sites (N-methyl/N-ethyl adjacent to an activating group) is 1. The van der Waals surface area contributed by atoms with E-state index in [0.717, 1.165) is 28.7 Å². The van der Waals surface area contributed by atoms with Crippen molar-refractivity contribution in [1.82, 2.24) is 15.5 Å². The van der Waals surface area contributed by atoms with Gasteiger partial charge in [-0.15, -0.1) is 0 Å². The molecule has 2 aromatic rings. The van der Waals surface area contributed by atoms with Crippen LogP contribution in [0.5, 0.6) is 0 Å². The predicted molar refractivity (Wildman–Crippen MR) is 123 cm³/mol. The molecule has 174 valence electrons. The molecule has 0 radical (unpaired) electrons. The normalized spacial score (nSPS) is 16.8. The number of hydrogen-bond donors (Lipinski definition) is 3. The Balaban J connectivity index is 1.41. The van der Waals surface area contributed by atoms with Gasteiger partial charge in [0.15, 0.2) is 0 Å². The fourth-order valence-electron chi connectivity index (χ4n) is 4.62. The largest absolute Gasteiger partial charge is 0.480 e. The maximum Gasteiger partial charge on any atom is 0.408 e. The van der Waals surface area contributed by atoms with Gasteiger partial charge in [0.1, 0.15) is 18.2 Å². The van der Waals surface area contributed by atoms with Crippen LogP contribution in [-0.2, 0) is 14.3 Å². The van der Waals surface area contributed by atoms with E-state index in [1.54, 1.807) is 19.0 Å². The van der Waals surface area contributed by atoms with Crippen molar-refractivity contribution in [3.05, 3.63) is 59.7 Å².